The Morgan fingerprint density at radius 3 is 1.59 bits per heavy atom. The maximum atomic E-state index is 13.0. The molecule has 0 aromatic carbocycles. The highest BCUT2D eigenvalue weighted by Crippen LogP contribution is 2.05. The molecule has 17 heteroatoms. The molecule has 6 atom stereocenters. The predicted octanol–water partition coefficient (Wildman–Crippen LogP) is -5.28. The van der Waals surface area contributed by atoms with Gasteiger partial charge in [-0.15, -0.1) is 0 Å². The highest BCUT2D eigenvalue weighted by Gasteiger charge is 2.33. The zero-order valence-corrected chi connectivity index (χ0v) is 21.0. The number of carbonyl (C=O) groups is 4. The standard InChI is InChI=1S/C20H40N10O7/c1-9(31)13(21)16(34)28-11(5-3-7-26-19(22)23)15(33)30-14(10(2)32)17(35)29-12(18(36)37)6-4-8-27-20(24)25/h9-14,31-32H,3-8,21H2,1-2H3,(H,28,34)(H,29,35)(H,30,33)(H,36,37)(H4,22,23,26)(H4,24,25,27). The molecule has 0 rings (SSSR count). The molecule has 17 nitrogen and oxygen atoms in total. The van der Waals surface area contributed by atoms with Crippen LogP contribution >= 0.6 is 0 Å². The molecule has 37 heavy (non-hydrogen) atoms. The van der Waals surface area contributed by atoms with Gasteiger partial charge in [0.2, 0.25) is 17.7 Å². The van der Waals surface area contributed by atoms with Gasteiger partial charge >= 0.3 is 5.97 Å². The Bertz CT molecular complexity index is 826. The quantitative estimate of drug-likeness (QED) is 0.0475. The van der Waals surface area contributed by atoms with Gasteiger partial charge in [0.25, 0.3) is 0 Å². The molecule has 0 heterocycles. The smallest absolute Gasteiger partial charge is 0.326 e. The summed E-state index contributed by atoms with van der Waals surface area (Å²) >= 11 is 0. The monoisotopic (exact) mass is 532 g/mol. The Balaban J connectivity index is 5.49. The molecule has 0 radical (unpaired) electrons. The molecule has 0 bridgehead atoms. The second-order valence-electron chi connectivity index (χ2n) is 8.35. The molecule has 0 saturated heterocycles. The molecule has 16 N–H and O–H groups in total. The van der Waals surface area contributed by atoms with E-state index in [1.54, 1.807) is 0 Å². The SMILES string of the molecule is CC(O)C(N)C(=O)NC(CCCN=C(N)N)C(=O)NC(C(=O)NC(CCCN=C(N)N)C(=O)O)C(C)O. The fourth-order valence-electron chi connectivity index (χ4n) is 2.94. The van der Waals surface area contributed by atoms with Crippen LogP contribution in [-0.4, -0.2) is 100 Å². The van der Waals surface area contributed by atoms with Gasteiger partial charge in [-0.1, -0.05) is 0 Å². The third-order valence-electron chi connectivity index (χ3n) is 5.02. The summed E-state index contributed by atoms with van der Waals surface area (Å²) < 4.78 is 0. The van der Waals surface area contributed by atoms with Crippen LogP contribution in [0.3, 0.4) is 0 Å². The van der Waals surface area contributed by atoms with E-state index in [0.29, 0.717) is 0 Å². The third-order valence-corrected chi connectivity index (χ3v) is 5.02. The number of aliphatic hydroxyl groups is 2. The van der Waals surface area contributed by atoms with E-state index >= 15 is 0 Å². The zero-order chi connectivity index (χ0) is 28.7. The van der Waals surface area contributed by atoms with Gasteiger partial charge in [0, 0.05) is 13.1 Å². The minimum absolute atomic E-state index is 0.0115. The summed E-state index contributed by atoms with van der Waals surface area (Å²) in [4.78, 5) is 57.1. The molecule has 212 valence electrons. The molecule has 3 amide bonds. The van der Waals surface area contributed by atoms with Gasteiger partial charge in [0.1, 0.15) is 24.2 Å². The van der Waals surface area contributed by atoms with Crippen LogP contribution in [0, 0.1) is 0 Å². The zero-order valence-electron chi connectivity index (χ0n) is 21.0. The van der Waals surface area contributed by atoms with Gasteiger partial charge in [0.05, 0.1) is 12.2 Å². The number of carboxylic acids is 1. The van der Waals surface area contributed by atoms with Crippen molar-refractivity contribution in [2.75, 3.05) is 13.1 Å². The fraction of sp³-hybridized carbons (Fsp3) is 0.700. The molecule has 0 aliphatic heterocycles. The first-order chi connectivity index (χ1) is 17.2. The minimum Gasteiger partial charge on any atom is -0.480 e. The Morgan fingerprint density at radius 1 is 0.730 bits per heavy atom. The van der Waals surface area contributed by atoms with Crippen molar-refractivity contribution in [1.29, 1.82) is 0 Å². The van der Waals surface area contributed by atoms with E-state index in [2.05, 4.69) is 25.9 Å². The lowest BCUT2D eigenvalue weighted by atomic mass is 10.1. The van der Waals surface area contributed by atoms with Crippen molar-refractivity contribution in [2.24, 2.45) is 38.7 Å². The normalized spacial score (nSPS) is 15.6. The van der Waals surface area contributed by atoms with Crippen LogP contribution < -0.4 is 44.6 Å². The number of hydrogen-bond acceptors (Lipinski definition) is 9. The molecular weight excluding hydrogens is 492 g/mol. The number of nitrogens with zero attached hydrogens (tertiary/aromatic N) is 2. The number of amides is 3. The van der Waals surface area contributed by atoms with E-state index in [4.69, 9.17) is 28.7 Å². The molecule has 0 aromatic rings. The predicted molar refractivity (Wildman–Crippen MR) is 135 cm³/mol. The number of rotatable bonds is 17. The van der Waals surface area contributed by atoms with E-state index in [1.807, 2.05) is 0 Å². The number of nitrogens with two attached hydrogens (primary N) is 5. The average molecular weight is 533 g/mol. The summed E-state index contributed by atoms with van der Waals surface area (Å²) in [6.45, 7) is 2.77. The number of hydrogen-bond donors (Lipinski definition) is 11. The van der Waals surface area contributed by atoms with Crippen LogP contribution in [-0.2, 0) is 19.2 Å². The number of nitrogens with one attached hydrogen (secondary N) is 3. The maximum absolute atomic E-state index is 13.0. The number of guanidine groups is 2. The van der Waals surface area contributed by atoms with Crippen molar-refractivity contribution in [2.45, 2.75) is 75.9 Å². The van der Waals surface area contributed by atoms with Crippen molar-refractivity contribution in [3.05, 3.63) is 0 Å². The second-order valence-corrected chi connectivity index (χ2v) is 8.35. The highest BCUT2D eigenvalue weighted by molar-refractivity contribution is 5.94. The summed E-state index contributed by atoms with van der Waals surface area (Å²) in [7, 11) is 0. The first kappa shape index (κ1) is 33.3. The Labute approximate surface area is 214 Å². The summed E-state index contributed by atoms with van der Waals surface area (Å²) in [5.74, 6) is -4.34. The molecule has 0 aromatic heterocycles. The first-order valence-electron chi connectivity index (χ1n) is 11.5. The second kappa shape index (κ2) is 16.9. The lowest BCUT2D eigenvalue weighted by Gasteiger charge is -2.26. The van der Waals surface area contributed by atoms with Gasteiger partial charge in [-0.3, -0.25) is 24.4 Å². The van der Waals surface area contributed by atoms with Crippen LogP contribution in [0.4, 0.5) is 0 Å². The summed E-state index contributed by atoms with van der Waals surface area (Å²) in [6, 6.07) is -5.48. The third kappa shape index (κ3) is 13.8. The topological polar surface area (TPSA) is 320 Å². The van der Waals surface area contributed by atoms with Gasteiger partial charge in [-0.05, 0) is 39.5 Å². The number of carbonyl (C=O) groups excluding carboxylic acids is 3. The maximum Gasteiger partial charge on any atom is 0.326 e. The van der Waals surface area contributed by atoms with Crippen molar-refractivity contribution >= 4 is 35.6 Å². The first-order valence-corrected chi connectivity index (χ1v) is 11.5. The summed E-state index contributed by atoms with van der Waals surface area (Å²) in [6.07, 6.45) is -2.19. The van der Waals surface area contributed by atoms with Gasteiger partial charge in [0.15, 0.2) is 11.9 Å². The molecule has 0 fully saturated rings. The van der Waals surface area contributed by atoms with Crippen molar-refractivity contribution in [1.82, 2.24) is 16.0 Å². The van der Waals surface area contributed by atoms with Crippen molar-refractivity contribution < 1.29 is 34.5 Å². The van der Waals surface area contributed by atoms with Crippen LogP contribution in [0.2, 0.25) is 0 Å². The number of aliphatic hydroxyl groups excluding tert-OH is 2. The Hall–Kier alpha value is -3.70. The van der Waals surface area contributed by atoms with E-state index in [9.17, 15) is 34.5 Å². The van der Waals surface area contributed by atoms with E-state index in [1.165, 1.54) is 13.8 Å². The van der Waals surface area contributed by atoms with E-state index in [-0.39, 0.29) is 50.7 Å². The molecule has 0 aliphatic rings. The van der Waals surface area contributed by atoms with Crippen LogP contribution in [0.15, 0.2) is 9.98 Å². The van der Waals surface area contributed by atoms with Crippen LogP contribution in [0.1, 0.15) is 39.5 Å². The number of aliphatic carboxylic acids is 1. The van der Waals surface area contributed by atoms with Crippen molar-refractivity contribution in [3.63, 3.8) is 0 Å². The van der Waals surface area contributed by atoms with E-state index < -0.39 is 60.1 Å². The van der Waals surface area contributed by atoms with Crippen molar-refractivity contribution in [3.8, 4) is 0 Å². The summed E-state index contributed by atoms with van der Waals surface area (Å²) in [5.41, 5.74) is 26.6. The lowest BCUT2D eigenvalue weighted by molar-refractivity contribution is -0.143. The molecule has 0 aliphatic carbocycles. The Morgan fingerprint density at radius 2 is 1.19 bits per heavy atom. The molecule has 0 spiro atoms. The van der Waals surface area contributed by atoms with Gasteiger partial charge < -0.3 is 59.9 Å². The Kier molecular flexibility index (Phi) is 15.2. The molecule has 6 unspecified atom stereocenters. The summed E-state index contributed by atoms with van der Waals surface area (Å²) in [5, 5.41) is 36.0. The van der Waals surface area contributed by atoms with Crippen LogP contribution in [0.5, 0.6) is 0 Å². The average Bonchev–Trinajstić information content (AvgIpc) is 2.79. The number of aliphatic imine (C=N–C) groups is 2. The molecule has 0 saturated carbocycles. The van der Waals surface area contributed by atoms with Gasteiger partial charge in [-0.2, -0.15) is 0 Å². The van der Waals surface area contributed by atoms with Gasteiger partial charge in [-0.25, -0.2) is 4.79 Å². The fourth-order valence-corrected chi connectivity index (χ4v) is 2.94. The highest BCUT2D eigenvalue weighted by atomic mass is 16.4. The number of carboxylic acid groups (broad SMARTS) is 1. The van der Waals surface area contributed by atoms with E-state index in [0.717, 1.165) is 0 Å². The largest absolute Gasteiger partial charge is 0.480 e. The lowest BCUT2D eigenvalue weighted by Crippen LogP contribution is -2.60. The van der Waals surface area contributed by atoms with Crippen LogP contribution in [0.25, 0.3) is 0 Å². The molecular formula is C20H40N10O7. The minimum atomic E-state index is -1.56.